The Morgan fingerprint density at radius 1 is 1.50 bits per heavy atom. The molecule has 34 valence electrons. The molecule has 0 radical (unpaired) electrons. The van der Waals surface area contributed by atoms with Gasteiger partial charge in [-0.15, -0.1) is 0 Å². The average Bonchev–Trinajstić information content (AvgIpc) is 1.38. The molecule has 0 fully saturated rings. The van der Waals surface area contributed by atoms with Crippen LogP contribution < -0.4 is 0 Å². The normalized spacial score (nSPS) is 6.50. The van der Waals surface area contributed by atoms with E-state index in [4.69, 9.17) is 10.0 Å². The first-order valence-electron chi connectivity index (χ1n) is 1.16. The van der Waals surface area contributed by atoms with Crippen molar-refractivity contribution in [2.45, 2.75) is 0 Å². The zero-order chi connectivity index (χ0) is 4.28. The fourth-order valence-electron chi connectivity index (χ4n) is 0. The molecule has 0 atom stereocenters. The van der Waals surface area contributed by atoms with Crippen molar-refractivity contribution < 1.29 is 14.7 Å². The molecule has 0 aliphatic heterocycles. The molecule has 0 aliphatic carbocycles. The van der Waals surface area contributed by atoms with Crippen molar-refractivity contribution in [3.8, 4) is 0 Å². The monoisotopic (exact) mass is 216 g/mol. The van der Waals surface area contributed by atoms with Crippen molar-refractivity contribution in [3.63, 3.8) is 0 Å². The van der Waals surface area contributed by atoms with E-state index in [0.717, 1.165) is 0 Å². The van der Waals surface area contributed by atoms with E-state index in [2.05, 4.69) is 4.65 Å². The van der Waals surface area contributed by atoms with Crippen LogP contribution >= 0.6 is 0 Å². The first-order valence-corrected chi connectivity index (χ1v) is 1.16. The van der Waals surface area contributed by atoms with Crippen LogP contribution in [0.1, 0.15) is 0 Å². The van der Waals surface area contributed by atoms with Gasteiger partial charge in [-0.05, 0) is 0 Å². The van der Waals surface area contributed by atoms with Gasteiger partial charge in [0.05, 0.1) is 0 Å². The Kier molecular flexibility index (Phi) is 11.4. The number of hydrogen-bond acceptors (Lipinski definition) is 3. The Balaban J connectivity index is 0. The van der Waals surface area contributed by atoms with Crippen LogP contribution in [0.25, 0.3) is 0 Å². The predicted molar refractivity (Wildman–Crippen MR) is 25.7 cm³/mol. The van der Waals surface area contributed by atoms with E-state index in [1.807, 2.05) is 0 Å². The fraction of sp³-hybridized carbons (Fsp3) is 1.00. The van der Waals surface area contributed by atoms with Gasteiger partial charge < -0.3 is 14.7 Å². The van der Waals surface area contributed by atoms with Crippen molar-refractivity contribution in [1.29, 1.82) is 0 Å². The average molecular weight is 215 g/mol. The van der Waals surface area contributed by atoms with E-state index in [0.29, 0.717) is 0 Å². The van der Waals surface area contributed by atoms with Gasteiger partial charge in [0.15, 0.2) is 0 Å². The van der Waals surface area contributed by atoms with Crippen LogP contribution in [0.3, 0.4) is 0 Å². The summed E-state index contributed by atoms with van der Waals surface area (Å²) >= 11 is 0. The van der Waals surface area contributed by atoms with Crippen molar-refractivity contribution in [2.24, 2.45) is 0 Å². The fourth-order valence-corrected chi connectivity index (χ4v) is 0. The summed E-state index contributed by atoms with van der Waals surface area (Å²) in [7, 11) is -0.417. The molecule has 0 aromatic rings. The second-order valence-electron chi connectivity index (χ2n) is 0.562. The molecule has 0 saturated heterocycles. The van der Waals surface area contributed by atoms with Crippen LogP contribution in [-0.4, -0.2) is 73.4 Å². The van der Waals surface area contributed by atoms with Crippen LogP contribution in [0.5, 0.6) is 0 Å². The molecule has 0 aromatic carbocycles. The summed E-state index contributed by atoms with van der Waals surface area (Å²) in [6.45, 7) is 0. The predicted octanol–water partition coefficient (Wildman–Crippen LogP) is -2.31. The van der Waals surface area contributed by atoms with Crippen molar-refractivity contribution in [2.75, 3.05) is 7.11 Å². The maximum atomic E-state index is 7.69. The topological polar surface area (TPSA) is 49.7 Å². The summed E-state index contributed by atoms with van der Waals surface area (Å²) in [6.07, 6.45) is 0. The summed E-state index contributed by atoms with van der Waals surface area (Å²) in [5.74, 6) is 0. The summed E-state index contributed by atoms with van der Waals surface area (Å²) in [4.78, 5) is 0. The molecule has 0 bridgehead atoms. The van der Waals surface area contributed by atoms with Crippen molar-refractivity contribution >= 4 is 56.2 Å². The van der Waals surface area contributed by atoms with Gasteiger partial charge in [0.2, 0.25) is 0 Å². The van der Waals surface area contributed by atoms with Crippen LogP contribution in [-0.2, 0) is 4.65 Å². The van der Waals surface area contributed by atoms with Crippen LogP contribution in [0.2, 0.25) is 0 Å². The quantitative estimate of drug-likeness (QED) is 0.483. The summed E-state index contributed by atoms with van der Waals surface area (Å²) in [5, 5.41) is 15.4. The van der Waals surface area contributed by atoms with Crippen molar-refractivity contribution in [1.82, 2.24) is 0 Å². The molecular formula is CH7BBaO3. The Hall–Kier alpha value is 1.52. The minimum atomic E-state index is -1.62. The zero-order valence-corrected chi connectivity index (χ0v) is 2.88. The van der Waals surface area contributed by atoms with E-state index in [-0.39, 0.29) is 48.9 Å². The molecule has 0 rings (SSSR count). The maximum absolute atomic E-state index is 7.69. The number of rotatable bonds is 1. The van der Waals surface area contributed by atoms with E-state index < -0.39 is 7.32 Å². The Labute approximate surface area is 76.9 Å². The van der Waals surface area contributed by atoms with Crippen LogP contribution in [0.4, 0.5) is 0 Å². The summed E-state index contributed by atoms with van der Waals surface area (Å²) in [6, 6.07) is 0. The third kappa shape index (κ3) is 9.10. The Bertz CT molecular complexity index is 24.8. The zero-order valence-electron chi connectivity index (χ0n) is 2.88. The molecule has 0 saturated carbocycles. The van der Waals surface area contributed by atoms with Crippen LogP contribution in [0, 0.1) is 0 Å². The van der Waals surface area contributed by atoms with Gasteiger partial charge in [0.1, 0.15) is 0 Å². The Morgan fingerprint density at radius 2 is 1.67 bits per heavy atom. The molecular weight excluding hydrogens is 208 g/mol. The second-order valence-corrected chi connectivity index (χ2v) is 0.562. The molecule has 5 heteroatoms. The van der Waals surface area contributed by atoms with Gasteiger partial charge >= 0.3 is 56.2 Å². The molecule has 0 spiro atoms. The summed E-state index contributed by atoms with van der Waals surface area (Å²) in [5.41, 5.74) is 0. The molecule has 0 aromatic heterocycles. The first kappa shape index (κ1) is 10.5. The molecule has 2 N–H and O–H groups in total. The van der Waals surface area contributed by atoms with Gasteiger partial charge in [-0.1, -0.05) is 0 Å². The first-order chi connectivity index (χ1) is 2.27. The second kappa shape index (κ2) is 6.52. The van der Waals surface area contributed by atoms with Crippen molar-refractivity contribution in [3.05, 3.63) is 0 Å². The van der Waals surface area contributed by atoms with Gasteiger partial charge in [-0.25, -0.2) is 0 Å². The third-order valence-corrected chi connectivity index (χ3v) is 0.211. The molecule has 0 amide bonds. The number of hydrogen-bond donors (Lipinski definition) is 2. The van der Waals surface area contributed by atoms with Gasteiger partial charge in [0.25, 0.3) is 0 Å². The summed E-state index contributed by atoms with van der Waals surface area (Å²) < 4.78 is 3.86. The van der Waals surface area contributed by atoms with E-state index in [1.165, 1.54) is 7.11 Å². The third-order valence-electron chi connectivity index (χ3n) is 0.211. The van der Waals surface area contributed by atoms with E-state index >= 15 is 0 Å². The minimum absolute atomic E-state index is 0. The molecule has 0 unspecified atom stereocenters. The van der Waals surface area contributed by atoms with Crippen LogP contribution in [0.15, 0.2) is 0 Å². The van der Waals surface area contributed by atoms with E-state index in [1.54, 1.807) is 0 Å². The SMILES string of the molecule is COB(O)O.[BaH2]. The van der Waals surface area contributed by atoms with E-state index in [9.17, 15) is 0 Å². The van der Waals surface area contributed by atoms with Gasteiger partial charge in [0, 0.05) is 7.11 Å². The molecule has 3 nitrogen and oxygen atoms in total. The van der Waals surface area contributed by atoms with Gasteiger partial charge in [-0.3, -0.25) is 0 Å². The molecule has 6 heavy (non-hydrogen) atoms. The van der Waals surface area contributed by atoms with Gasteiger partial charge in [-0.2, -0.15) is 0 Å². The standard InChI is InChI=1S/CH5BO3.Ba.2H/c1-5-2(3)4;;;/h3-4H,1H3;;;. The Morgan fingerprint density at radius 3 is 1.67 bits per heavy atom. The molecule has 0 heterocycles. The molecule has 0 aliphatic rings.